The molecule has 43 heavy (non-hydrogen) atoms. The Morgan fingerprint density at radius 3 is 2.02 bits per heavy atom. The molecule has 236 valence electrons. The van der Waals surface area contributed by atoms with Crippen molar-refractivity contribution < 1.29 is 28.2 Å². The quantitative estimate of drug-likeness (QED) is 0.189. The van der Waals surface area contributed by atoms with E-state index in [0.29, 0.717) is 23.3 Å². The molecule has 1 aromatic heterocycles. The molecular weight excluding hydrogens is 540 g/mol. The molecule has 5 unspecified atom stereocenters. The summed E-state index contributed by atoms with van der Waals surface area (Å²) in [5.41, 5.74) is -0.854. The highest BCUT2D eigenvalue weighted by atomic mass is 16.6. The standard InChI is InChI=1S/C37H52O6/c1-4-34(38)42-37(29-16-9-10-17-29,32-18-11-23-40-32)30-20-19-26(24-30)31-21-22-33(41-31)36(27-12-5-6-13-27,28-14-7-8-15-28)43-35(39)25(2)3/h4,11,18,23,26-31,33H,1-2,5-10,12-17,19-22,24H2,3H3. The van der Waals surface area contributed by atoms with Crippen molar-refractivity contribution in [2.24, 2.45) is 29.6 Å². The molecule has 5 fully saturated rings. The fraction of sp³-hybridized carbons (Fsp3) is 0.730. The molecule has 4 saturated carbocycles. The number of hydrogen-bond donors (Lipinski definition) is 0. The van der Waals surface area contributed by atoms with Crippen molar-refractivity contribution in [2.45, 2.75) is 139 Å². The van der Waals surface area contributed by atoms with E-state index >= 15 is 0 Å². The molecule has 6 heteroatoms. The van der Waals surface area contributed by atoms with E-state index in [4.69, 9.17) is 18.6 Å². The minimum absolute atomic E-state index is 0.0747. The summed E-state index contributed by atoms with van der Waals surface area (Å²) in [6, 6.07) is 3.91. The molecule has 1 aromatic rings. The second kappa shape index (κ2) is 12.9. The van der Waals surface area contributed by atoms with E-state index in [2.05, 4.69) is 13.2 Å². The lowest BCUT2D eigenvalue weighted by Gasteiger charge is -2.47. The van der Waals surface area contributed by atoms with Crippen molar-refractivity contribution in [1.82, 2.24) is 0 Å². The van der Waals surface area contributed by atoms with E-state index in [1.165, 1.54) is 31.8 Å². The Morgan fingerprint density at radius 2 is 1.47 bits per heavy atom. The molecule has 0 N–H and O–H groups in total. The van der Waals surface area contributed by atoms with Crippen LogP contribution in [0.2, 0.25) is 0 Å². The molecule has 5 atom stereocenters. The van der Waals surface area contributed by atoms with E-state index in [9.17, 15) is 9.59 Å². The van der Waals surface area contributed by atoms with Gasteiger partial charge in [-0.25, -0.2) is 9.59 Å². The Morgan fingerprint density at radius 1 is 0.837 bits per heavy atom. The van der Waals surface area contributed by atoms with E-state index < -0.39 is 11.2 Å². The number of carbonyl (C=O) groups is 2. The third-order valence-electron chi connectivity index (χ3n) is 12.1. The summed E-state index contributed by atoms with van der Waals surface area (Å²) in [5, 5.41) is 0. The van der Waals surface area contributed by atoms with Crippen LogP contribution >= 0.6 is 0 Å². The van der Waals surface area contributed by atoms with Gasteiger partial charge in [0.25, 0.3) is 0 Å². The van der Waals surface area contributed by atoms with Gasteiger partial charge in [-0.3, -0.25) is 0 Å². The fourth-order valence-corrected chi connectivity index (χ4v) is 10.2. The topological polar surface area (TPSA) is 75.0 Å². The first kappa shape index (κ1) is 30.7. The van der Waals surface area contributed by atoms with Gasteiger partial charge in [-0.1, -0.05) is 51.7 Å². The molecule has 4 aliphatic carbocycles. The number of furan rings is 1. The summed E-state index contributed by atoms with van der Waals surface area (Å²) < 4.78 is 26.3. The predicted octanol–water partition coefficient (Wildman–Crippen LogP) is 8.60. The lowest BCUT2D eigenvalue weighted by molar-refractivity contribution is -0.205. The molecule has 0 bridgehead atoms. The van der Waals surface area contributed by atoms with Crippen LogP contribution in [-0.2, 0) is 29.4 Å². The first-order valence-electron chi connectivity index (χ1n) is 17.3. The average Bonchev–Trinajstić information content (AvgIpc) is 3.87. The van der Waals surface area contributed by atoms with Crippen LogP contribution in [0, 0.1) is 29.6 Å². The van der Waals surface area contributed by atoms with Gasteiger partial charge in [-0.05, 0) is 95.6 Å². The van der Waals surface area contributed by atoms with Crippen molar-refractivity contribution in [3.8, 4) is 0 Å². The van der Waals surface area contributed by atoms with E-state index in [-0.39, 0.29) is 36.0 Å². The number of ether oxygens (including phenoxy) is 3. The Kier molecular flexibility index (Phi) is 9.24. The lowest BCUT2D eigenvalue weighted by atomic mass is 9.70. The second-order valence-electron chi connectivity index (χ2n) is 14.4. The summed E-state index contributed by atoms with van der Waals surface area (Å²) >= 11 is 0. The van der Waals surface area contributed by atoms with Gasteiger partial charge >= 0.3 is 11.9 Å². The largest absolute Gasteiger partial charge is 0.465 e. The Labute approximate surface area is 258 Å². The molecule has 0 radical (unpaired) electrons. The zero-order valence-corrected chi connectivity index (χ0v) is 26.2. The smallest absolute Gasteiger partial charge is 0.333 e. The van der Waals surface area contributed by atoms with Gasteiger partial charge in [0.1, 0.15) is 11.4 Å². The molecule has 6 nitrogen and oxygen atoms in total. The molecule has 6 rings (SSSR count). The van der Waals surface area contributed by atoms with Crippen LogP contribution in [-0.4, -0.2) is 29.7 Å². The number of esters is 2. The Hall–Kier alpha value is -2.34. The van der Waals surface area contributed by atoms with Crippen LogP contribution in [0.5, 0.6) is 0 Å². The summed E-state index contributed by atoms with van der Waals surface area (Å²) in [4.78, 5) is 26.1. The molecule has 5 aliphatic rings. The summed E-state index contributed by atoms with van der Waals surface area (Å²) in [5.74, 6) is 1.62. The van der Waals surface area contributed by atoms with Crippen molar-refractivity contribution in [3.05, 3.63) is 49.0 Å². The maximum absolute atomic E-state index is 13.2. The van der Waals surface area contributed by atoms with Crippen LogP contribution in [0.3, 0.4) is 0 Å². The zero-order valence-electron chi connectivity index (χ0n) is 26.2. The van der Waals surface area contributed by atoms with E-state index in [1.807, 2.05) is 12.1 Å². The van der Waals surface area contributed by atoms with Gasteiger partial charge in [0, 0.05) is 35.3 Å². The summed E-state index contributed by atoms with van der Waals surface area (Å²) in [6.45, 7) is 9.43. The zero-order chi connectivity index (χ0) is 30.0. The Bertz CT molecular complexity index is 1120. The van der Waals surface area contributed by atoms with Gasteiger partial charge in [0.15, 0.2) is 5.60 Å². The highest BCUT2D eigenvalue weighted by Crippen LogP contribution is 2.57. The normalized spacial score (nSPS) is 30.4. The minimum Gasteiger partial charge on any atom is -0.465 e. The maximum Gasteiger partial charge on any atom is 0.333 e. The fourth-order valence-electron chi connectivity index (χ4n) is 10.2. The lowest BCUT2D eigenvalue weighted by Crippen LogP contribution is -2.56. The Balaban J connectivity index is 1.26. The van der Waals surface area contributed by atoms with Gasteiger partial charge < -0.3 is 18.6 Å². The van der Waals surface area contributed by atoms with E-state index in [1.54, 1.807) is 13.2 Å². The van der Waals surface area contributed by atoms with Crippen molar-refractivity contribution in [2.75, 3.05) is 0 Å². The van der Waals surface area contributed by atoms with Gasteiger partial charge in [-0.15, -0.1) is 0 Å². The molecule has 1 aliphatic heterocycles. The van der Waals surface area contributed by atoms with Crippen molar-refractivity contribution >= 4 is 11.9 Å². The van der Waals surface area contributed by atoms with Gasteiger partial charge in [-0.2, -0.15) is 0 Å². The monoisotopic (exact) mass is 592 g/mol. The third-order valence-corrected chi connectivity index (χ3v) is 12.1. The molecule has 0 spiro atoms. The van der Waals surface area contributed by atoms with Crippen LogP contribution in [0.15, 0.2) is 47.6 Å². The maximum atomic E-state index is 13.2. The summed E-state index contributed by atoms with van der Waals surface area (Å²) in [6.07, 6.45) is 21.5. The van der Waals surface area contributed by atoms with Gasteiger partial charge in [0.05, 0.1) is 18.5 Å². The third kappa shape index (κ3) is 5.66. The molecular formula is C37H52O6. The highest BCUT2D eigenvalue weighted by Gasteiger charge is 2.60. The number of carbonyl (C=O) groups excluding carboxylic acids is 2. The first-order chi connectivity index (χ1) is 20.9. The van der Waals surface area contributed by atoms with Crippen LogP contribution in [0.1, 0.15) is 122 Å². The van der Waals surface area contributed by atoms with E-state index in [0.717, 1.165) is 89.2 Å². The highest BCUT2D eigenvalue weighted by molar-refractivity contribution is 5.87. The first-order valence-corrected chi connectivity index (χ1v) is 17.3. The predicted molar refractivity (Wildman–Crippen MR) is 165 cm³/mol. The number of rotatable bonds is 11. The SMILES string of the molecule is C=CC(=O)OC(c1ccco1)(C1CCCC1)C1CCC(C2CCC(C(OC(=O)C(=C)C)(C3CCCC3)C3CCCC3)O2)C1. The second-order valence-corrected chi connectivity index (χ2v) is 14.4. The van der Waals surface area contributed by atoms with Crippen molar-refractivity contribution in [3.63, 3.8) is 0 Å². The summed E-state index contributed by atoms with van der Waals surface area (Å²) in [7, 11) is 0. The molecule has 0 amide bonds. The number of hydrogen-bond acceptors (Lipinski definition) is 6. The molecule has 1 saturated heterocycles. The van der Waals surface area contributed by atoms with Crippen molar-refractivity contribution in [1.29, 1.82) is 0 Å². The van der Waals surface area contributed by atoms with Gasteiger partial charge in [0.2, 0.25) is 0 Å². The average molecular weight is 593 g/mol. The van der Waals surface area contributed by atoms with Crippen LogP contribution in [0.25, 0.3) is 0 Å². The van der Waals surface area contributed by atoms with Crippen LogP contribution < -0.4 is 0 Å². The molecule has 0 aromatic carbocycles. The van der Waals surface area contributed by atoms with Crippen LogP contribution in [0.4, 0.5) is 0 Å². The minimum atomic E-state index is -0.771. The molecule has 2 heterocycles.